The van der Waals surface area contributed by atoms with Gasteiger partial charge in [-0.1, -0.05) is 17.7 Å². The predicted molar refractivity (Wildman–Crippen MR) is 173 cm³/mol. The number of aliphatic hydroxyl groups is 1. The summed E-state index contributed by atoms with van der Waals surface area (Å²) in [5.41, 5.74) is 3.52. The van der Waals surface area contributed by atoms with Crippen LogP contribution in [0.5, 0.6) is 0 Å². The van der Waals surface area contributed by atoms with Gasteiger partial charge in [-0.25, -0.2) is 14.5 Å². The van der Waals surface area contributed by atoms with Crippen molar-refractivity contribution in [2.24, 2.45) is 11.8 Å². The highest BCUT2D eigenvalue weighted by Crippen LogP contribution is 2.45. The second-order valence-electron chi connectivity index (χ2n) is 13.0. The van der Waals surface area contributed by atoms with Gasteiger partial charge < -0.3 is 15.3 Å². The summed E-state index contributed by atoms with van der Waals surface area (Å²) in [5.74, 6) is 1.35. The third kappa shape index (κ3) is 5.44. The molecule has 1 aliphatic heterocycles. The number of pyridine rings is 3. The number of halogens is 1. The van der Waals surface area contributed by atoms with Gasteiger partial charge in [0.1, 0.15) is 17.6 Å². The number of nitrogens with one attached hydrogen (secondary N) is 1. The van der Waals surface area contributed by atoms with Crippen molar-refractivity contribution in [1.82, 2.24) is 34.9 Å². The maximum absolute atomic E-state index is 12.9. The van der Waals surface area contributed by atoms with E-state index in [2.05, 4.69) is 38.3 Å². The number of rotatable bonds is 6. The van der Waals surface area contributed by atoms with Crippen LogP contribution in [0.15, 0.2) is 67.5 Å². The van der Waals surface area contributed by atoms with E-state index < -0.39 is 5.60 Å². The lowest BCUT2D eigenvalue weighted by molar-refractivity contribution is 0.0782. The summed E-state index contributed by atoms with van der Waals surface area (Å²) in [6, 6.07) is 11.3. The molecule has 0 radical (unpaired) electrons. The number of carbonyl (C=O) groups excluding carboxylic acids is 1. The van der Waals surface area contributed by atoms with E-state index in [4.69, 9.17) is 21.6 Å². The van der Waals surface area contributed by atoms with Crippen molar-refractivity contribution in [2.45, 2.75) is 44.8 Å². The number of hydrogen-bond donors (Lipinski definition) is 2. The molecule has 5 aromatic rings. The Morgan fingerprint density at radius 2 is 1.83 bits per heavy atom. The third-order valence-electron chi connectivity index (χ3n) is 9.13. The van der Waals surface area contributed by atoms with Gasteiger partial charge >= 0.3 is 0 Å². The molecule has 6 heterocycles. The first-order chi connectivity index (χ1) is 22.0. The Hall–Kier alpha value is -4.92. The number of carbonyl (C=O) groups is 1. The van der Waals surface area contributed by atoms with Gasteiger partial charge in [0, 0.05) is 53.9 Å². The monoisotopic (exact) mass is 633 g/mol. The van der Waals surface area contributed by atoms with Crippen LogP contribution in [0.4, 0.5) is 5.82 Å². The highest BCUT2D eigenvalue weighted by Gasteiger charge is 2.48. The molecule has 232 valence electrons. The van der Waals surface area contributed by atoms with Crippen LogP contribution in [0.1, 0.15) is 55.2 Å². The fraction of sp³-hybridized carbons (Fsp3) is 0.324. The van der Waals surface area contributed by atoms with Crippen molar-refractivity contribution in [1.29, 1.82) is 5.26 Å². The van der Waals surface area contributed by atoms with Gasteiger partial charge in [-0.2, -0.15) is 10.4 Å². The Labute approximate surface area is 270 Å². The van der Waals surface area contributed by atoms with Crippen LogP contribution in [0.2, 0.25) is 5.02 Å². The van der Waals surface area contributed by atoms with Crippen LogP contribution >= 0.6 is 11.6 Å². The van der Waals surface area contributed by atoms with Gasteiger partial charge in [-0.15, -0.1) is 0 Å². The summed E-state index contributed by atoms with van der Waals surface area (Å²) < 4.78 is 1.67. The average molecular weight is 634 g/mol. The Balaban J connectivity index is 1.10. The van der Waals surface area contributed by atoms with Gasteiger partial charge in [0.2, 0.25) is 0 Å². The van der Waals surface area contributed by atoms with E-state index >= 15 is 0 Å². The zero-order valence-electron chi connectivity index (χ0n) is 25.6. The molecule has 5 aromatic heterocycles. The number of nitrogens with zero attached hydrogens (tertiary/aromatic N) is 8. The molecule has 1 aliphatic carbocycles. The summed E-state index contributed by atoms with van der Waals surface area (Å²) in [6.07, 6.45) is 11.8. The molecular formula is C34H32ClN9O2. The molecule has 11 nitrogen and oxygen atoms in total. The molecule has 2 aliphatic rings. The van der Waals surface area contributed by atoms with E-state index in [0.717, 1.165) is 42.9 Å². The Bertz CT molecular complexity index is 1980. The molecule has 1 amide bonds. The Morgan fingerprint density at radius 3 is 2.46 bits per heavy atom. The first-order valence-corrected chi connectivity index (χ1v) is 15.5. The first-order valence-electron chi connectivity index (χ1n) is 15.1. The van der Waals surface area contributed by atoms with Crippen LogP contribution in [0, 0.1) is 23.2 Å². The van der Waals surface area contributed by atoms with Gasteiger partial charge in [-0.05, 0) is 69.7 Å². The highest BCUT2D eigenvalue weighted by molar-refractivity contribution is 6.33. The minimum absolute atomic E-state index is 0.246. The summed E-state index contributed by atoms with van der Waals surface area (Å²) in [6.45, 7) is 7.17. The van der Waals surface area contributed by atoms with E-state index in [9.17, 15) is 15.2 Å². The van der Waals surface area contributed by atoms with E-state index in [0.29, 0.717) is 44.9 Å². The maximum Gasteiger partial charge on any atom is 0.271 e. The standard InChI is InChI=1S/C34H32ClN9O2/c1-33(2,46)24-6-7-27(38-14-24)20-9-25(31-23(12-36)13-41-44(31)19-20)28-15-40-29(16-39-28)43-17-21-10-34(3,11-22(21)18-43)42-32(45)30-26(35)5-4-8-37-30/h4-9,13-16,19,21-22,46H,10-11,17-18H2,1-3H3,(H,42,45)/t21-,22+,34?. The summed E-state index contributed by atoms with van der Waals surface area (Å²) in [4.78, 5) is 33.5. The van der Waals surface area contributed by atoms with Gasteiger partial charge in [0.15, 0.2) is 0 Å². The number of hydrogen-bond acceptors (Lipinski definition) is 9. The number of amides is 1. The van der Waals surface area contributed by atoms with E-state index in [-0.39, 0.29) is 17.1 Å². The fourth-order valence-corrected chi connectivity index (χ4v) is 7.11. The number of fused-ring (bicyclic) bond motifs is 2. The zero-order valence-corrected chi connectivity index (χ0v) is 26.4. The molecule has 2 fully saturated rings. The minimum Gasteiger partial charge on any atom is -0.386 e. The molecule has 0 spiro atoms. The lowest BCUT2D eigenvalue weighted by atomic mass is 9.97. The van der Waals surface area contributed by atoms with Crippen LogP contribution in [-0.2, 0) is 5.60 Å². The molecule has 0 aromatic carbocycles. The van der Waals surface area contributed by atoms with Crippen LogP contribution < -0.4 is 10.2 Å². The van der Waals surface area contributed by atoms with Crippen molar-refractivity contribution in [3.05, 3.63) is 89.4 Å². The Morgan fingerprint density at radius 1 is 1.07 bits per heavy atom. The van der Waals surface area contributed by atoms with Crippen molar-refractivity contribution >= 4 is 28.8 Å². The first kappa shape index (κ1) is 29.8. The average Bonchev–Trinajstić information content (AvgIpc) is 3.71. The van der Waals surface area contributed by atoms with Crippen LogP contribution in [-0.4, -0.2) is 59.2 Å². The third-order valence-corrected chi connectivity index (χ3v) is 9.43. The van der Waals surface area contributed by atoms with Gasteiger partial charge in [0.05, 0.1) is 51.7 Å². The molecule has 12 heteroatoms. The van der Waals surface area contributed by atoms with Crippen molar-refractivity contribution in [3.8, 4) is 28.6 Å². The quantitative estimate of drug-likeness (QED) is 0.263. The van der Waals surface area contributed by atoms with E-state index in [1.54, 1.807) is 61.5 Å². The molecule has 2 N–H and O–H groups in total. The molecule has 46 heavy (non-hydrogen) atoms. The van der Waals surface area contributed by atoms with Crippen molar-refractivity contribution in [2.75, 3.05) is 18.0 Å². The summed E-state index contributed by atoms with van der Waals surface area (Å²) in [5, 5.41) is 28.1. The van der Waals surface area contributed by atoms with E-state index in [1.165, 1.54) is 0 Å². The molecule has 0 bridgehead atoms. The molecule has 1 saturated heterocycles. The largest absolute Gasteiger partial charge is 0.386 e. The number of aromatic nitrogens is 6. The summed E-state index contributed by atoms with van der Waals surface area (Å²) in [7, 11) is 0. The minimum atomic E-state index is -1.000. The maximum atomic E-state index is 12.9. The van der Waals surface area contributed by atoms with Crippen LogP contribution in [0.3, 0.4) is 0 Å². The molecule has 3 atom stereocenters. The molecular weight excluding hydrogens is 602 g/mol. The second-order valence-corrected chi connectivity index (χ2v) is 13.4. The molecule has 7 rings (SSSR count). The number of anilines is 1. The lowest BCUT2D eigenvalue weighted by Gasteiger charge is -2.28. The zero-order chi connectivity index (χ0) is 32.2. The highest BCUT2D eigenvalue weighted by atomic mass is 35.5. The van der Waals surface area contributed by atoms with E-state index in [1.807, 2.05) is 24.4 Å². The number of nitriles is 1. The summed E-state index contributed by atoms with van der Waals surface area (Å²) >= 11 is 6.20. The lowest BCUT2D eigenvalue weighted by Crippen LogP contribution is -2.45. The van der Waals surface area contributed by atoms with Crippen LogP contribution in [0.25, 0.3) is 28.0 Å². The Kier molecular flexibility index (Phi) is 7.22. The molecule has 1 saturated carbocycles. The van der Waals surface area contributed by atoms with Gasteiger partial charge in [0.25, 0.3) is 5.91 Å². The smallest absolute Gasteiger partial charge is 0.271 e. The topological polar surface area (TPSA) is 145 Å². The normalized spacial score (nSPS) is 20.9. The second kappa shape index (κ2) is 11.2. The SMILES string of the molecule is CC1(NC(=O)c2ncccc2Cl)C[C@H]2CN(c3cnc(-c4cc(-c5ccc(C(C)(C)O)cn5)cn5ncc(C#N)c45)cn3)C[C@H]2C1. The molecule has 1 unspecified atom stereocenters. The predicted octanol–water partition coefficient (Wildman–Crippen LogP) is 5.04. The van der Waals surface area contributed by atoms with Gasteiger partial charge in [-0.3, -0.25) is 14.8 Å². The fourth-order valence-electron chi connectivity index (χ4n) is 6.91. The van der Waals surface area contributed by atoms with Crippen molar-refractivity contribution < 1.29 is 9.90 Å². The van der Waals surface area contributed by atoms with Crippen molar-refractivity contribution in [3.63, 3.8) is 0 Å².